The smallest absolute Gasteiger partial charge is 0.216 e. The van der Waals surface area contributed by atoms with Gasteiger partial charge in [0, 0.05) is 17.6 Å². The molecule has 5 nitrogen and oxygen atoms in total. The van der Waals surface area contributed by atoms with E-state index >= 15 is 0 Å². The average Bonchev–Trinajstić information content (AvgIpc) is 2.85. The van der Waals surface area contributed by atoms with E-state index in [1.807, 2.05) is 24.4 Å². The lowest BCUT2D eigenvalue weighted by Gasteiger charge is -2.12. The van der Waals surface area contributed by atoms with Crippen molar-refractivity contribution in [3.8, 4) is 0 Å². The number of hydrogen-bond acceptors (Lipinski definition) is 5. The Labute approximate surface area is 129 Å². The molecule has 0 spiro atoms. The molecule has 3 N–H and O–H groups in total. The lowest BCUT2D eigenvalue weighted by atomic mass is 10.1. The summed E-state index contributed by atoms with van der Waals surface area (Å²) in [5.74, 6) is -0.0491. The normalized spacial score (nSPS) is 13.3. The quantitative estimate of drug-likeness (QED) is 0.851. The largest absolute Gasteiger partial charge is 0.326 e. The molecule has 0 aliphatic carbocycles. The highest BCUT2D eigenvalue weighted by Crippen LogP contribution is 2.19. The van der Waals surface area contributed by atoms with Crippen LogP contribution in [0.2, 0.25) is 0 Å². The number of sulfonamides is 1. The molecule has 2 rings (SSSR count). The van der Waals surface area contributed by atoms with Crippen LogP contribution in [0, 0.1) is 6.92 Å². The number of hydrogen-bond donors (Lipinski definition) is 2. The van der Waals surface area contributed by atoms with Crippen molar-refractivity contribution >= 4 is 21.4 Å². The first-order chi connectivity index (χ1) is 9.89. The lowest BCUT2D eigenvalue weighted by molar-refractivity contribution is 0.565. The predicted octanol–water partition coefficient (Wildman–Crippen LogP) is 2.09. The molecule has 0 bridgehead atoms. The van der Waals surface area contributed by atoms with Crippen molar-refractivity contribution < 1.29 is 8.42 Å². The van der Waals surface area contributed by atoms with Crippen LogP contribution in [-0.2, 0) is 22.3 Å². The van der Waals surface area contributed by atoms with Crippen molar-refractivity contribution in [3.05, 3.63) is 51.5 Å². The molecule has 1 aromatic heterocycles. The van der Waals surface area contributed by atoms with Crippen LogP contribution >= 0.6 is 11.3 Å². The topological polar surface area (TPSA) is 85.1 Å². The molecule has 1 atom stereocenters. The fourth-order valence-corrected chi connectivity index (χ4v) is 4.17. The third-order valence-corrected chi connectivity index (χ3v) is 5.55. The number of nitrogens with one attached hydrogen (secondary N) is 1. The number of aromatic nitrogens is 1. The maximum atomic E-state index is 12.2. The van der Waals surface area contributed by atoms with Gasteiger partial charge in [0.05, 0.1) is 11.8 Å². The minimum atomic E-state index is -3.41. The first-order valence-corrected chi connectivity index (χ1v) is 9.13. The predicted molar refractivity (Wildman–Crippen MR) is 85.4 cm³/mol. The maximum absolute atomic E-state index is 12.2. The van der Waals surface area contributed by atoms with Gasteiger partial charge < -0.3 is 5.73 Å². The van der Waals surface area contributed by atoms with Gasteiger partial charge in [0.1, 0.15) is 5.01 Å². The summed E-state index contributed by atoms with van der Waals surface area (Å²) in [4.78, 5) is 4.30. The van der Waals surface area contributed by atoms with Crippen molar-refractivity contribution in [2.75, 3.05) is 0 Å². The van der Waals surface area contributed by atoms with Crippen LogP contribution in [0.25, 0.3) is 0 Å². The molecule has 21 heavy (non-hydrogen) atoms. The Hall–Kier alpha value is -1.28. The molecular formula is C14H19N3O2S2. The van der Waals surface area contributed by atoms with Crippen molar-refractivity contribution in [2.24, 2.45) is 5.73 Å². The highest BCUT2D eigenvalue weighted by molar-refractivity contribution is 7.88. The molecule has 0 aliphatic rings. The summed E-state index contributed by atoms with van der Waals surface area (Å²) in [5, 5.41) is 2.68. The Morgan fingerprint density at radius 2 is 1.90 bits per heavy atom. The molecule has 0 radical (unpaired) electrons. The molecule has 0 aliphatic heterocycles. The van der Waals surface area contributed by atoms with Gasteiger partial charge >= 0.3 is 0 Å². The summed E-state index contributed by atoms with van der Waals surface area (Å²) in [6.07, 6.45) is 0. The van der Waals surface area contributed by atoms with Crippen molar-refractivity contribution in [1.29, 1.82) is 0 Å². The number of benzene rings is 1. The fourth-order valence-electron chi connectivity index (χ4n) is 1.92. The molecule has 1 unspecified atom stereocenters. The first kappa shape index (κ1) is 16.1. The highest BCUT2D eigenvalue weighted by atomic mass is 32.2. The van der Waals surface area contributed by atoms with Crippen LogP contribution < -0.4 is 10.5 Å². The zero-order chi connectivity index (χ0) is 15.5. The Kier molecular flexibility index (Phi) is 5.10. The van der Waals surface area contributed by atoms with E-state index in [2.05, 4.69) is 9.71 Å². The second kappa shape index (κ2) is 6.65. The number of nitrogens with zero attached hydrogens (tertiary/aromatic N) is 1. The van der Waals surface area contributed by atoms with Gasteiger partial charge in [-0.05, 0) is 25.0 Å². The van der Waals surface area contributed by atoms with Crippen molar-refractivity contribution in [1.82, 2.24) is 9.71 Å². The summed E-state index contributed by atoms with van der Waals surface area (Å²) >= 11 is 1.46. The van der Waals surface area contributed by atoms with Gasteiger partial charge in [-0.15, -0.1) is 11.3 Å². The third-order valence-electron chi connectivity index (χ3n) is 2.98. The zero-order valence-corrected chi connectivity index (χ0v) is 13.7. The highest BCUT2D eigenvalue weighted by Gasteiger charge is 2.18. The molecule has 2 aromatic rings. The van der Waals surface area contributed by atoms with Crippen molar-refractivity contribution in [3.63, 3.8) is 0 Å². The number of thiazole rings is 1. The molecule has 1 heterocycles. The van der Waals surface area contributed by atoms with Gasteiger partial charge in [-0.2, -0.15) is 0 Å². The van der Waals surface area contributed by atoms with Crippen LogP contribution in [-0.4, -0.2) is 13.4 Å². The summed E-state index contributed by atoms with van der Waals surface area (Å²) in [6, 6.07) is 6.95. The molecule has 0 saturated heterocycles. The van der Waals surface area contributed by atoms with E-state index in [0.29, 0.717) is 6.54 Å². The second-order valence-electron chi connectivity index (χ2n) is 4.95. The van der Waals surface area contributed by atoms with Crippen LogP contribution in [0.1, 0.15) is 34.8 Å². The van der Waals surface area contributed by atoms with E-state index in [1.54, 1.807) is 19.1 Å². The fraction of sp³-hybridized carbons (Fsp3) is 0.357. The Balaban J connectivity index is 2.04. The molecule has 7 heteroatoms. The summed E-state index contributed by atoms with van der Waals surface area (Å²) < 4.78 is 27.0. The van der Waals surface area contributed by atoms with Crippen LogP contribution in [0.5, 0.6) is 0 Å². The second-order valence-corrected chi connectivity index (χ2v) is 7.59. The zero-order valence-electron chi connectivity index (χ0n) is 12.0. The Morgan fingerprint density at radius 1 is 1.29 bits per heavy atom. The van der Waals surface area contributed by atoms with Crippen molar-refractivity contribution in [2.45, 2.75) is 32.2 Å². The third kappa shape index (κ3) is 4.60. The monoisotopic (exact) mass is 325 g/mol. The molecular weight excluding hydrogens is 306 g/mol. The molecule has 0 amide bonds. The Morgan fingerprint density at radius 3 is 2.43 bits per heavy atom. The molecule has 1 aromatic carbocycles. The van der Waals surface area contributed by atoms with Gasteiger partial charge in [-0.25, -0.2) is 18.1 Å². The van der Waals surface area contributed by atoms with E-state index < -0.39 is 10.0 Å². The first-order valence-electron chi connectivity index (χ1n) is 6.59. The van der Waals surface area contributed by atoms with E-state index in [9.17, 15) is 8.42 Å². The van der Waals surface area contributed by atoms with Gasteiger partial charge in [-0.3, -0.25) is 0 Å². The van der Waals surface area contributed by atoms with E-state index in [-0.39, 0.29) is 11.8 Å². The summed E-state index contributed by atoms with van der Waals surface area (Å²) in [5.41, 5.74) is 8.14. The molecule has 0 saturated carbocycles. The van der Waals surface area contributed by atoms with Gasteiger partial charge in [0.2, 0.25) is 10.0 Å². The van der Waals surface area contributed by atoms with Gasteiger partial charge in [0.25, 0.3) is 0 Å². The van der Waals surface area contributed by atoms with E-state index in [4.69, 9.17) is 5.73 Å². The number of rotatable bonds is 6. The molecule has 0 fully saturated rings. The van der Waals surface area contributed by atoms with Gasteiger partial charge in [0.15, 0.2) is 0 Å². The molecule has 114 valence electrons. The Bertz CT molecular complexity index is 693. The number of nitrogens with two attached hydrogens (primary N) is 1. The SMILES string of the molecule is Cc1csc(C(C)NS(=O)(=O)Cc2ccc(CN)cc2)n1. The summed E-state index contributed by atoms with van der Waals surface area (Å²) in [6.45, 7) is 4.14. The van der Waals surface area contributed by atoms with Crippen LogP contribution in [0.4, 0.5) is 0 Å². The van der Waals surface area contributed by atoms with E-state index in [0.717, 1.165) is 21.8 Å². The van der Waals surface area contributed by atoms with Crippen LogP contribution in [0.15, 0.2) is 29.6 Å². The minimum absolute atomic E-state index is 0.0491. The summed E-state index contributed by atoms with van der Waals surface area (Å²) in [7, 11) is -3.41. The van der Waals surface area contributed by atoms with Crippen LogP contribution in [0.3, 0.4) is 0 Å². The van der Waals surface area contributed by atoms with Gasteiger partial charge in [-0.1, -0.05) is 24.3 Å². The standard InChI is InChI=1S/C14H19N3O2S2/c1-10-8-20-14(16-10)11(2)17-21(18,19)9-13-5-3-12(7-15)4-6-13/h3-6,8,11,17H,7,9,15H2,1-2H3. The minimum Gasteiger partial charge on any atom is -0.326 e. The average molecular weight is 325 g/mol. The maximum Gasteiger partial charge on any atom is 0.216 e. The van der Waals surface area contributed by atoms with E-state index in [1.165, 1.54) is 11.3 Å². The number of aryl methyl sites for hydroxylation is 1. The lowest BCUT2D eigenvalue weighted by Crippen LogP contribution is -2.28.